The summed E-state index contributed by atoms with van der Waals surface area (Å²) >= 11 is 0. The molecule has 0 aromatic carbocycles. The molecule has 0 aromatic heterocycles. The fraction of sp³-hybridized carbons (Fsp3) is 1.00. The third-order valence-corrected chi connectivity index (χ3v) is 3.82. The summed E-state index contributed by atoms with van der Waals surface area (Å²) in [7, 11) is 0. The maximum Gasteiger partial charge on any atom is 0.0625 e. The molecule has 0 bridgehead atoms. The molecule has 2 heteroatoms. The predicted octanol–water partition coefficient (Wildman–Crippen LogP) is 3.36. The second-order valence-electron chi connectivity index (χ2n) is 5.11. The summed E-state index contributed by atoms with van der Waals surface area (Å²) in [5.41, 5.74) is 0. The van der Waals surface area contributed by atoms with Crippen molar-refractivity contribution in [2.75, 3.05) is 13.2 Å². The molecule has 0 heterocycles. The standard InChI is InChI=1S/C14H29NO/c1-4-12(3)16-11-14(15-5-2)13-9-7-6-8-10-13/h12-15H,4-11H2,1-3H3. The Balaban J connectivity index is 2.33. The zero-order valence-electron chi connectivity index (χ0n) is 11.3. The first-order valence-electron chi connectivity index (χ1n) is 7.12. The van der Waals surface area contributed by atoms with Crippen LogP contribution >= 0.6 is 0 Å². The Morgan fingerprint density at radius 2 is 1.88 bits per heavy atom. The molecule has 96 valence electrons. The van der Waals surface area contributed by atoms with Gasteiger partial charge in [0.2, 0.25) is 0 Å². The Morgan fingerprint density at radius 1 is 1.19 bits per heavy atom. The van der Waals surface area contributed by atoms with Gasteiger partial charge in [-0.3, -0.25) is 0 Å². The minimum Gasteiger partial charge on any atom is -0.377 e. The number of hydrogen-bond donors (Lipinski definition) is 1. The van der Waals surface area contributed by atoms with E-state index in [1.54, 1.807) is 0 Å². The molecule has 1 saturated carbocycles. The fourth-order valence-electron chi connectivity index (χ4n) is 2.55. The normalized spacial score (nSPS) is 21.9. The Hall–Kier alpha value is -0.0800. The summed E-state index contributed by atoms with van der Waals surface area (Å²) in [6.07, 6.45) is 8.56. The van der Waals surface area contributed by atoms with E-state index in [-0.39, 0.29) is 0 Å². The summed E-state index contributed by atoms with van der Waals surface area (Å²) < 4.78 is 5.90. The first-order chi connectivity index (χ1) is 7.77. The van der Waals surface area contributed by atoms with Crippen molar-refractivity contribution in [1.82, 2.24) is 5.32 Å². The first-order valence-corrected chi connectivity index (χ1v) is 7.12. The molecule has 0 radical (unpaired) electrons. The number of ether oxygens (including phenoxy) is 1. The van der Waals surface area contributed by atoms with Gasteiger partial charge in [-0.05, 0) is 38.6 Å². The van der Waals surface area contributed by atoms with Crippen LogP contribution in [0.1, 0.15) is 59.3 Å². The van der Waals surface area contributed by atoms with Crippen LogP contribution in [0.2, 0.25) is 0 Å². The van der Waals surface area contributed by atoms with Crippen LogP contribution in [0.3, 0.4) is 0 Å². The highest BCUT2D eigenvalue weighted by molar-refractivity contribution is 4.79. The highest BCUT2D eigenvalue weighted by Gasteiger charge is 2.23. The fourth-order valence-corrected chi connectivity index (χ4v) is 2.55. The van der Waals surface area contributed by atoms with Gasteiger partial charge in [0.05, 0.1) is 12.7 Å². The van der Waals surface area contributed by atoms with Gasteiger partial charge in [0, 0.05) is 6.04 Å². The SMILES string of the molecule is CCNC(COC(C)CC)C1CCCCC1. The van der Waals surface area contributed by atoms with E-state index in [4.69, 9.17) is 4.74 Å². The largest absolute Gasteiger partial charge is 0.377 e. The second-order valence-corrected chi connectivity index (χ2v) is 5.11. The zero-order valence-corrected chi connectivity index (χ0v) is 11.3. The summed E-state index contributed by atoms with van der Waals surface area (Å²) in [4.78, 5) is 0. The lowest BCUT2D eigenvalue weighted by atomic mass is 9.84. The Kier molecular flexibility index (Phi) is 7.06. The summed E-state index contributed by atoms with van der Waals surface area (Å²) in [6, 6.07) is 0.583. The van der Waals surface area contributed by atoms with E-state index in [1.165, 1.54) is 32.1 Å². The van der Waals surface area contributed by atoms with Crippen molar-refractivity contribution in [2.45, 2.75) is 71.4 Å². The molecular formula is C14H29NO. The average molecular weight is 227 g/mol. The minimum absolute atomic E-state index is 0.407. The molecule has 16 heavy (non-hydrogen) atoms. The van der Waals surface area contributed by atoms with Crippen LogP contribution in [0, 0.1) is 5.92 Å². The lowest BCUT2D eigenvalue weighted by Gasteiger charge is -2.31. The molecule has 1 N–H and O–H groups in total. The number of hydrogen-bond acceptors (Lipinski definition) is 2. The zero-order chi connectivity index (χ0) is 11.8. The van der Waals surface area contributed by atoms with E-state index < -0.39 is 0 Å². The predicted molar refractivity (Wildman–Crippen MR) is 69.7 cm³/mol. The molecule has 0 aliphatic heterocycles. The van der Waals surface area contributed by atoms with Crippen LogP contribution in [0.15, 0.2) is 0 Å². The van der Waals surface area contributed by atoms with Gasteiger partial charge >= 0.3 is 0 Å². The van der Waals surface area contributed by atoms with Gasteiger partial charge in [0.1, 0.15) is 0 Å². The van der Waals surface area contributed by atoms with Crippen LogP contribution in [0.25, 0.3) is 0 Å². The van der Waals surface area contributed by atoms with E-state index in [2.05, 4.69) is 26.1 Å². The van der Waals surface area contributed by atoms with E-state index in [1.807, 2.05) is 0 Å². The molecule has 1 aliphatic carbocycles. The second kappa shape index (κ2) is 8.08. The molecule has 2 unspecified atom stereocenters. The van der Waals surface area contributed by atoms with Crippen molar-refractivity contribution in [2.24, 2.45) is 5.92 Å². The van der Waals surface area contributed by atoms with Gasteiger partial charge in [-0.15, -0.1) is 0 Å². The van der Waals surface area contributed by atoms with E-state index in [9.17, 15) is 0 Å². The average Bonchev–Trinajstić information content (AvgIpc) is 2.35. The third-order valence-electron chi connectivity index (χ3n) is 3.82. The molecular weight excluding hydrogens is 198 g/mol. The van der Waals surface area contributed by atoms with Gasteiger partial charge in [-0.1, -0.05) is 33.1 Å². The molecule has 1 fully saturated rings. The Labute approximate surface area is 101 Å². The summed E-state index contributed by atoms with van der Waals surface area (Å²) in [6.45, 7) is 8.51. The Bertz CT molecular complexity index is 166. The monoisotopic (exact) mass is 227 g/mol. The van der Waals surface area contributed by atoms with Crippen molar-refractivity contribution in [1.29, 1.82) is 0 Å². The Morgan fingerprint density at radius 3 is 2.44 bits per heavy atom. The van der Waals surface area contributed by atoms with Crippen LogP contribution in [-0.2, 0) is 4.74 Å². The van der Waals surface area contributed by atoms with E-state index in [0.29, 0.717) is 12.1 Å². The molecule has 0 spiro atoms. The number of likely N-dealkylation sites (N-methyl/N-ethyl adjacent to an activating group) is 1. The van der Waals surface area contributed by atoms with Gasteiger partial charge in [-0.25, -0.2) is 0 Å². The number of nitrogens with one attached hydrogen (secondary N) is 1. The molecule has 2 nitrogen and oxygen atoms in total. The number of rotatable bonds is 7. The maximum absolute atomic E-state index is 5.90. The molecule has 0 aromatic rings. The highest BCUT2D eigenvalue weighted by atomic mass is 16.5. The molecule has 0 amide bonds. The van der Waals surface area contributed by atoms with Crippen LogP contribution in [0.5, 0.6) is 0 Å². The lowest BCUT2D eigenvalue weighted by molar-refractivity contribution is 0.0316. The quantitative estimate of drug-likeness (QED) is 0.720. The van der Waals surface area contributed by atoms with Gasteiger partial charge < -0.3 is 10.1 Å². The molecule has 2 atom stereocenters. The molecule has 1 aliphatic rings. The van der Waals surface area contributed by atoms with Crippen molar-refractivity contribution >= 4 is 0 Å². The highest BCUT2D eigenvalue weighted by Crippen LogP contribution is 2.26. The van der Waals surface area contributed by atoms with Crippen molar-refractivity contribution < 1.29 is 4.74 Å². The van der Waals surface area contributed by atoms with Crippen molar-refractivity contribution in [3.05, 3.63) is 0 Å². The summed E-state index contributed by atoms with van der Waals surface area (Å²) in [5.74, 6) is 0.845. The topological polar surface area (TPSA) is 21.3 Å². The lowest BCUT2D eigenvalue weighted by Crippen LogP contribution is -2.41. The van der Waals surface area contributed by atoms with Gasteiger partial charge in [0.25, 0.3) is 0 Å². The smallest absolute Gasteiger partial charge is 0.0625 e. The minimum atomic E-state index is 0.407. The van der Waals surface area contributed by atoms with Crippen molar-refractivity contribution in [3.8, 4) is 0 Å². The van der Waals surface area contributed by atoms with Gasteiger partial charge in [-0.2, -0.15) is 0 Å². The first kappa shape index (κ1) is 14.0. The third kappa shape index (κ3) is 4.84. The van der Waals surface area contributed by atoms with Crippen LogP contribution < -0.4 is 5.32 Å². The molecule has 1 rings (SSSR count). The van der Waals surface area contributed by atoms with Crippen LogP contribution in [0.4, 0.5) is 0 Å². The maximum atomic E-state index is 5.90. The summed E-state index contributed by atoms with van der Waals surface area (Å²) in [5, 5.41) is 3.61. The van der Waals surface area contributed by atoms with Crippen molar-refractivity contribution in [3.63, 3.8) is 0 Å². The molecule has 0 saturated heterocycles. The van der Waals surface area contributed by atoms with Gasteiger partial charge in [0.15, 0.2) is 0 Å². The van der Waals surface area contributed by atoms with E-state index in [0.717, 1.165) is 25.5 Å². The van der Waals surface area contributed by atoms with Crippen LogP contribution in [-0.4, -0.2) is 25.3 Å². The van der Waals surface area contributed by atoms with E-state index >= 15 is 0 Å².